The number of hydrogen-bond acceptors (Lipinski definition) is 5. The number of nitrogens with zero attached hydrogens (tertiary/aromatic N) is 1. The van der Waals surface area contributed by atoms with E-state index in [9.17, 15) is 4.79 Å². The first-order valence-corrected chi connectivity index (χ1v) is 10.4. The molecule has 5 heteroatoms. The molecule has 0 saturated heterocycles. The van der Waals surface area contributed by atoms with Gasteiger partial charge in [0, 0.05) is 17.1 Å². The van der Waals surface area contributed by atoms with Crippen LogP contribution in [0.15, 0.2) is 51.7 Å². The highest BCUT2D eigenvalue weighted by Crippen LogP contribution is 2.35. The van der Waals surface area contributed by atoms with Crippen molar-refractivity contribution < 1.29 is 13.9 Å². The van der Waals surface area contributed by atoms with Gasteiger partial charge in [0.2, 0.25) is 0 Å². The van der Waals surface area contributed by atoms with Crippen LogP contribution in [-0.2, 0) is 13.0 Å². The van der Waals surface area contributed by atoms with Gasteiger partial charge in [-0.15, -0.1) is 0 Å². The Morgan fingerprint density at radius 1 is 1.07 bits per heavy atom. The predicted molar refractivity (Wildman–Crippen MR) is 115 cm³/mol. The van der Waals surface area contributed by atoms with Gasteiger partial charge in [0.25, 0.3) is 0 Å². The van der Waals surface area contributed by atoms with Crippen molar-refractivity contribution in [3.63, 3.8) is 0 Å². The van der Waals surface area contributed by atoms with Gasteiger partial charge in [-0.3, -0.25) is 0 Å². The quantitative estimate of drug-likeness (QED) is 0.404. The standard InChI is InChI=1S/C24H27NO4/c1-3-5-13-27-19-9-7-18(8-10-19)25-15-21-22(28-16-25)12-11-20-17(6-4-2)14-23(26)29-24(20)21/h7-12,14H,3-6,13,15-16H2,1-2H3. The average Bonchev–Trinajstić information content (AvgIpc) is 2.74. The molecular weight excluding hydrogens is 366 g/mol. The largest absolute Gasteiger partial charge is 0.494 e. The van der Waals surface area contributed by atoms with E-state index in [-0.39, 0.29) is 5.63 Å². The Hall–Kier alpha value is -2.95. The number of aryl methyl sites for hydroxylation is 1. The van der Waals surface area contributed by atoms with Crippen molar-refractivity contribution >= 4 is 16.7 Å². The molecule has 0 unspecified atom stereocenters. The lowest BCUT2D eigenvalue weighted by Gasteiger charge is -2.31. The van der Waals surface area contributed by atoms with Crippen LogP contribution in [0.3, 0.4) is 0 Å². The second-order valence-electron chi connectivity index (χ2n) is 7.43. The normalized spacial score (nSPS) is 13.2. The van der Waals surface area contributed by atoms with Crippen LogP contribution in [0, 0.1) is 0 Å². The lowest BCUT2D eigenvalue weighted by atomic mass is 10.0. The zero-order chi connectivity index (χ0) is 20.2. The highest BCUT2D eigenvalue weighted by Gasteiger charge is 2.22. The molecule has 1 aromatic heterocycles. The summed E-state index contributed by atoms with van der Waals surface area (Å²) in [6, 6.07) is 13.7. The molecular formula is C24H27NO4. The van der Waals surface area contributed by atoms with E-state index in [4.69, 9.17) is 13.9 Å². The summed E-state index contributed by atoms with van der Waals surface area (Å²) < 4.78 is 17.4. The Morgan fingerprint density at radius 2 is 1.90 bits per heavy atom. The number of hydrogen-bond donors (Lipinski definition) is 0. The van der Waals surface area contributed by atoms with Gasteiger partial charge in [-0.25, -0.2) is 4.79 Å². The van der Waals surface area contributed by atoms with E-state index in [1.54, 1.807) is 6.07 Å². The molecule has 0 aliphatic carbocycles. The second kappa shape index (κ2) is 8.60. The van der Waals surface area contributed by atoms with Gasteiger partial charge in [0.15, 0.2) is 6.73 Å². The Balaban J connectivity index is 1.62. The average molecular weight is 393 g/mol. The van der Waals surface area contributed by atoms with Crippen molar-refractivity contribution in [3.8, 4) is 11.5 Å². The Labute approximate surface area is 170 Å². The molecule has 2 heterocycles. The van der Waals surface area contributed by atoms with Gasteiger partial charge in [-0.2, -0.15) is 0 Å². The molecule has 3 aromatic rings. The van der Waals surface area contributed by atoms with Crippen molar-refractivity contribution in [1.29, 1.82) is 0 Å². The van der Waals surface area contributed by atoms with Crippen LogP contribution >= 0.6 is 0 Å². The maximum atomic E-state index is 12.1. The SMILES string of the molecule is CCCCOc1ccc(N2COc3ccc4c(CCC)cc(=O)oc4c3C2)cc1. The van der Waals surface area contributed by atoms with Crippen molar-refractivity contribution in [2.24, 2.45) is 0 Å². The molecule has 1 aliphatic rings. The molecule has 0 N–H and O–H groups in total. The number of unbranched alkanes of at least 4 members (excludes halogenated alkanes) is 1. The Kier molecular flexibility index (Phi) is 5.74. The number of ether oxygens (including phenoxy) is 2. The molecule has 0 fully saturated rings. The molecule has 152 valence electrons. The fourth-order valence-electron chi connectivity index (χ4n) is 3.73. The predicted octanol–water partition coefficient (Wildman–Crippen LogP) is 5.28. The molecule has 1 aliphatic heterocycles. The number of rotatable bonds is 7. The van der Waals surface area contributed by atoms with Gasteiger partial charge < -0.3 is 18.8 Å². The number of fused-ring (bicyclic) bond motifs is 3. The molecule has 2 aromatic carbocycles. The van der Waals surface area contributed by atoms with Crippen molar-refractivity contribution in [2.75, 3.05) is 18.2 Å². The van der Waals surface area contributed by atoms with Crippen molar-refractivity contribution in [3.05, 3.63) is 64.0 Å². The third-order valence-corrected chi connectivity index (χ3v) is 5.27. The van der Waals surface area contributed by atoms with Gasteiger partial charge in [0.05, 0.1) is 18.7 Å². The highest BCUT2D eigenvalue weighted by atomic mass is 16.5. The Bertz CT molecular complexity index is 1040. The molecule has 0 atom stereocenters. The summed E-state index contributed by atoms with van der Waals surface area (Å²) in [6.07, 6.45) is 4.00. The van der Waals surface area contributed by atoms with Crippen molar-refractivity contribution in [2.45, 2.75) is 46.1 Å². The molecule has 0 spiro atoms. The topological polar surface area (TPSA) is 51.9 Å². The first-order valence-electron chi connectivity index (χ1n) is 10.4. The van der Waals surface area contributed by atoms with E-state index < -0.39 is 0 Å². The van der Waals surface area contributed by atoms with Crippen LogP contribution in [0.4, 0.5) is 5.69 Å². The monoisotopic (exact) mass is 393 g/mol. The fourth-order valence-corrected chi connectivity index (χ4v) is 3.73. The minimum atomic E-state index is -0.306. The lowest BCUT2D eigenvalue weighted by molar-refractivity contribution is 0.288. The molecule has 0 bridgehead atoms. The van der Waals surface area contributed by atoms with E-state index in [1.165, 1.54) is 0 Å². The molecule has 0 radical (unpaired) electrons. The molecule has 4 rings (SSSR count). The van der Waals surface area contributed by atoms with Crippen molar-refractivity contribution in [1.82, 2.24) is 0 Å². The third-order valence-electron chi connectivity index (χ3n) is 5.27. The van der Waals surface area contributed by atoms with Gasteiger partial charge in [-0.05, 0) is 54.8 Å². The maximum Gasteiger partial charge on any atom is 0.336 e. The Morgan fingerprint density at radius 3 is 2.66 bits per heavy atom. The van der Waals surface area contributed by atoms with E-state index in [2.05, 4.69) is 18.7 Å². The molecule has 0 saturated carbocycles. The summed E-state index contributed by atoms with van der Waals surface area (Å²) in [4.78, 5) is 14.3. The summed E-state index contributed by atoms with van der Waals surface area (Å²) in [5, 5.41) is 0.996. The van der Waals surface area contributed by atoms with Gasteiger partial charge >= 0.3 is 5.63 Å². The molecule has 5 nitrogen and oxygen atoms in total. The van der Waals surface area contributed by atoms with E-state index in [0.717, 1.165) is 66.0 Å². The molecule has 29 heavy (non-hydrogen) atoms. The van der Waals surface area contributed by atoms with Crippen LogP contribution < -0.4 is 20.0 Å². The molecule has 0 amide bonds. The van der Waals surface area contributed by atoms with Crippen LogP contribution in [0.1, 0.15) is 44.2 Å². The third kappa shape index (κ3) is 4.09. The number of anilines is 1. The minimum absolute atomic E-state index is 0.306. The van der Waals surface area contributed by atoms with E-state index in [0.29, 0.717) is 18.9 Å². The second-order valence-corrected chi connectivity index (χ2v) is 7.43. The van der Waals surface area contributed by atoms with E-state index >= 15 is 0 Å². The smallest absolute Gasteiger partial charge is 0.336 e. The summed E-state index contributed by atoms with van der Waals surface area (Å²) in [5.41, 5.74) is 3.34. The summed E-state index contributed by atoms with van der Waals surface area (Å²) in [6.45, 7) is 6.08. The summed E-state index contributed by atoms with van der Waals surface area (Å²) in [7, 11) is 0. The van der Waals surface area contributed by atoms with Crippen LogP contribution in [0.2, 0.25) is 0 Å². The minimum Gasteiger partial charge on any atom is -0.494 e. The summed E-state index contributed by atoms with van der Waals surface area (Å²) in [5.74, 6) is 1.66. The van der Waals surface area contributed by atoms with Gasteiger partial charge in [0.1, 0.15) is 17.1 Å². The first-order chi connectivity index (χ1) is 14.2. The van der Waals surface area contributed by atoms with Gasteiger partial charge in [-0.1, -0.05) is 26.7 Å². The first kappa shape index (κ1) is 19.4. The highest BCUT2D eigenvalue weighted by molar-refractivity contribution is 5.85. The lowest BCUT2D eigenvalue weighted by Crippen LogP contribution is -2.32. The van der Waals surface area contributed by atoms with Crippen LogP contribution in [0.5, 0.6) is 11.5 Å². The fraction of sp³-hybridized carbons (Fsp3) is 0.375. The van der Waals surface area contributed by atoms with Crippen LogP contribution in [-0.4, -0.2) is 13.3 Å². The zero-order valence-corrected chi connectivity index (χ0v) is 17.1. The summed E-state index contributed by atoms with van der Waals surface area (Å²) >= 11 is 0. The van der Waals surface area contributed by atoms with Crippen LogP contribution in [0.25, 0.3) is 11.0 Å². The number of benzene rings is 2. The zero-order valence-electron chi connectivity index (χ0n) is 17.1. The van der Waals surface area contributed by atoms with E-state index in [1.807, 2.05) is 36.4 Å². The maximum absolute atomic E-state index is 12.1.